The second kappa shape index (κ2) is 3.64. The van der Waals surface area contributed by atoms with E-state index in [9.17, 15) is 0 Å². The van der Waals surface area contributed by atoms with Crippen molar-refractivity contribution in [3.63, 3.8) is 0 Å². The third kappa shape index (κ3) is 6.66. The van der Waals surface area contributed by atoms with Gasteiger partial charge in [0.15, 0.2) is 0 Å². The minimum absolute atomic E-state index is 0.261. The Kier molecular flexibility index (Phi) is 3.94. The quantitative estimate of drug-likeness (QED) is 0.380. The van der Waals surface area contributed by atoms with Crippen LogP contribution in [0.1, 0.15) is 0 Å². The van der Waals surface area contributed by atoms with Gasteiger partial charge in [-0.05, 0) is 11.8 Å². The lowest BCUT2D eigenvalue weighted by Gasteiger charge is -2.04. The fourth-order valence-electron chi connectivity index (χ4n) is 0.150. The molecule has 0 amide bonds. The highest BCUT2D eigenvalue weighted by atomic mass is 32.9. The minimum Gasteiger partial charge on any atom is -0.338 e. The van der Waals surface area contributed by atoms with E-state index in [-0.39, 0.29) is 6.61 Å². The van der Waals surface area contributed by atoms with E-state index in [0.717, 1.165) is 0 Å². The second-order valence-electron chi connectivity index (χ2n) is 1.08. The molecule has 48 valence electrons. The molecular weight excluding hydrogens is 163 g/mol. The molecule has 0 aliphatic rings. The van der Waals surface area contributed by atoms with E-state index in [1.165, 1.54) is 6.08 Å². The average Bonchev–Trinajstić information content (AvgIpc) is 1.59. The lowest BCUT2D eigenvalue weighted by molar-refractivity contribution is 0.361. The number of thiol groups is 1. The van der Waals surface area contributed by atoms with Crippen molar-refractivity contribution in [1.29, 1.82) is 0 Å². The molecule has 0 saturated carbocycles. The van der Waals surface area contributed by atoms with Crippen molar-refractivity contribution in [3.8, 4) is 0 Å². The largest absolute Gasteiger partial charge is 0.338 e. The van der Waals surface area contributed by atoms with E-state index in [4.69, 9.17) is 4.89 Å². The van der Waals surface area contributed by atoms with Crippen LogP contribution in [0.3, 0.4) is 0 Å². The molecule has 1 unspecified atom stereocenters. The Morgan fingerprint density at radius 2 is 2.50 bits per heavy atom. The third-order valence-corrected chi connectivity index (χ3v) is 1.51. The Balaban J connectivity index is 3.40. The van der Waals surface area contributed by atoms with Crippen LogP contribution in [0, 0.1) is 0 Å². The standard InChI is InChI=1S/C3H7O2PS2/c1-2-3-5-6(4,7)8/h2H,1,3H2,(H2,4,7,8). The lowest BCUT2D eigenvalue weighted by atomic mass is 10.7. The van der Waals surface area contributed by atoms with Gasteiger partial charge in [0.05, 0.1) is 6.61 Å². The fraction of sp³-hybridized carbons (Fsp3) is 0.333. The van der Waals surface area contributed by atoms with Gasteiger partial charge in [-0.15, -0.1) is 6.58 Å². The van der Waals surface area contributed by atoms with Gasteiger partial charge in [0, 0.05) is 0 Å². The first-order valence-corrected chi connectivity index (χ1v) is 5.70. The van der Waals surface area contributed by atoms with Crippen molar-refractivity contribution in [2.24, 2.45) is 0 Å². The van der Waals surface area contributed by atoms with Gasteiger partial charge in [-0.25, -0.2) is 0 Å². The van der Waals surface area contributed by atoms with E-state index in [1.807, 2.05) is 0 Å². The Labute approximate surface area is 58.9 Å². The number of hydrogen-bond donors (Lipinski definition) is 2. The van der Waals surface area contributed by atoms with Crippen LogP contribution in [-0.2, 0) is 16.3 Å². The zero-order valence-corrected chi connectivity index (χ0v) is 6.76. The number of rotatable bonds is 3. The molecule has 0 aliphatic heterocycles. The van der Waals surface area contributed by atoms with Crippen molar-refractivity contribution in [2.45, 2.75) is 0 Å². The molecule has 5 heteroatoms. The van der Waals surface area contributed by atoms with Gasteiger partial charge in [-0.2, -0.15) is 0 Å². The smallest absolute Gasteiger partial charge is 0.241 e. The van der Waals surface area contributed by atoms with Gasteiger partial charge in [-0.3, -0.25) is 0 Å². The molecule has 0 radical (unpaired) electrons. The van der Waals surface area contributed by atoms with E-state index in [1.54, 1.807) is 0 Å². The third-order valence-electron chi connectivity index (χ3n) is 0.361. The summed E-state index contributed by atoms with van der Waals surface area (Å²) in [6.07, 6.45) is 1.51. The molecule has 0 aromatic carbocycles. The molecule has 0 rings (SSSR count). The van der Waals surface area contributed by atoms with Crippen LogP contribution < -0.4 is 0 Å². The van der Waals surface area contributed by atoms with Crippen LogP contribution >= 0.6 is 17.9 Å². The number of hydrogen-bond acceptors (Lipinski definition) is 2. The summed E-state index contributed by atoms with van der Waals surface area (Å²) >= 11 is 8.01. The highest BCUT2D eigenvalue weighted by Crippen LogP contribution is 2.46. The summed E-state index contributed by atoms with van der Waals surface area (Å²) in [5.41, 5.74) is -2.73. The molecule has 0 saturated heterocycles. The molecule has 0 aromatic rings. The Morgan fingerprint density at radius 3 is 2.62 bits per heavy atom. The first-order valence-electron chi connectivity index (χ1n) is 1.87. The molecule has 0 spiro atoms. The summed E-state index contributed by atoms with van der Waals surface area (Å²) in [6.45, 7) is 3.63. The molecule has 0 aromatic heterocycles. The Morgan fingerprint density at radius 1 is 2.00 bits per heavy atom. The maximum Gasteiger partial charge on any atom is 0.241 e. The normalized spacial score (nSPS) is 17.2. The van der Waals surface area contributed by atoms with Crippen molar-refractivity contribution in [3.05, 3.63) is 12.7 Å². The molecule has 2 nitrogen and oxygen atoms in total. The molecule has 0 bridgehead atoms. The SMILES string of the molecule is C=CCOP(O)(=S)S. The van der Waals surface area contributed by atoms with E-state index in [2.05, 4.69) is 35.2 Å². The van der Waals surface area contributed by atoms with E-state index >= 15 is 0 Å². The summed E-state index contributed by atoms with van der Waals surface area (Å²) in [4.78, 5) is 8.67. The van der Waals surface area contributed by atoms with Crippen molar-refractivity contribution >= 4 is 29.7 Å². The van der Waals surface area contributed by atoms with Crippen molar-refractivity contribution in [1.82, 2.24) is 0 Å². The zero-order valence-electron chi connectivity index (χ0n) is 4.15. The van der Waals surface area contributed by atoms with Gasteiger partial charge >= 0.3 is 0 Å². The molecule has 1 atom stereocenters. The summed E-state index contributed by atoms with van der Waals surface area (Å²) in [5, 5.41) is 0. The van der Waals surface area contributed by atoms with E-state index < -0.39 is 5.69 Å². The molecule has 0 aliphatic carbocycles. The Bertz CT molecular complexity index is 118. The van der Waals surface area contributed by atoms with Crippen molar-refractivity contribution < 1.29 is 9.42 Å². The maximum atomic E-state index is 8.67. The van der Waals surface area contributed by atoms with Gasteiger partial charge in [0.1, 0.15) is 0 Å². The van der Waals surface area contributed by atoms with Gasteiger partial charge in [-0.1, -0.05) is 18.3 Å². The van der Waals surface area contributed by atoms with Crippen LogP contribution in [0.15, 0.2) is 12.7 Å². The van der Waals surface area contributed by atoms with Gasteiger partial charge in [0.25, 0.3) is 0 Å². The zero-order chi connectivity index (χ0) is 6.62. The van der Waals surface area contributed by atoms with Crippen molar-refractivity contribution in [2.75, 3.05) is 6.61 Å². The molecule has 8 heavy (non-hydrogen) atoms. The summed E-state index contributed by atoms with van der Waals surface area (Å²) in [5.74, 6) is 0. The summed E-state index contributed by atoms with van der Waals surface area (Å²) in [6, 6.07) is 0. The Hall–Kier alpha value is 0.660. The topological polar surface area (TPSA) is 29.5 Å². The summed E-state index contributed by atoms with van der Waals surface area (Å²) < 4.78 is 4.61. The van der Waals surface area contributed by atoms with Crippen LogP contribution in [-0.4, -0.2) is 11.5 Å². The highest BCUT2D eigenvalue weighted by Gasteiger charge is 2.01. The van der Waals surface area contributed by atoms with E-state index in [0.29, 0.717) is 0 Å². The minimum atomic E-state index is -2.73. The average molecular weight is 170 g/mol. The molecule has 0 heterocycles. The van der Waals surface area contributed by atoms with Crippen LogP contribution in [0.2, 0.25) is 0 Å². The summed E-state index contributed by atoms with van der Waals surface area (Å²) in [7, 11) is 0. The van der Waals surface area contributed by atoms with Crippen LogP contribution in [0.4, 0.5) is 0 Å². The first-order chi connectivity index (χ1) is 3.56. The predicted molar refractivity (Wildman–Crippen MR) is 41.6 cm³/mol. The van der Waals surface area contributed by atoms with Crippen LogP contribution in [0.25, 0.3) is 0 Å². The van der Waals surface area contributed by atoms with Gasteiger partial charge < -0.3 is 9.42 Å². The molecule has 1 N–H and O–H groups in total. The van der Waals surface area contributed by atoms with Crippen LogP contribution in [0.5, 0.6) is 0 Å². The van der Waals surface area contributed by atoms with Gasteiger partial charge in [0.2, 0.25) is 5.69 Å². The highest BCUT2D eigenvalue weighted by molar-refractivity contribution is 8.59. The lowest BCUT2D eigenvalue weighted by Crippen LogP contribution is -1.81. The maximum absolute atomic E-state index is 8.67. The second-order valence-corrected chi connectivity index (χ2v) is 6.24. The molecule has 0 fully saturated rings. The predicted octanol–water partition coefficient (Wildman–Crippen LogP) is 1.34. The molecular formula is C3H7O2PS2. The fourth-order valence-corrected chi connectivity index (χ4v) is 0.832. The monoisotopic (exact) mass is 170 g/mol. The first kappa shape index (κ1) is 8.66.